The zero-order chi connectivity index (χ0) is 18.1. The van der Waals surface area contributed by atoms with Gasteiger partial charge >= 0.3 is 5.97 Å². The zero-order valence-electron chi connectivity index (χ0n) is 16.0. The van der Waals surface area contributed by atoms with Crippen LogP contribution in [0.1, 0.15) is 38.2 Å². The molecule has 1 aromatic rings. The summed E-state index contributed by atoms with van der Waals surface area (Å²) in [5.74, 6) is -0.149. The minimum absolute atomic E-state index is 0.0000463. The van der Waals surface area contributed by atoms with Crippen molar-refractivity contribution < 1.29 is 9.53 Å². The molecule has 4 nitrogen and oxygen atoms in total. The van der Waals surface area contributed by atoms with Crippen molar-refractivity contribution >= 4 is 11.7 Å². The summed E-state index contributed by atoms with van der Waals surface area (Å²) in [6.07, 6.45) is 6.92. The number of nitrogens with zero attached hydrogens (tertiary/aromatic N) is 2. The molecule has 0 N–H and O–H groups in total. The van der Waals surface area contributed by atoms with E-state index in [9.17, 15) is 4.79 Å². The van der Waals surface area contributed by atoms with E-state index < -0.39 is 0 Å². The summed E-state index contributed by atoms with van der Waals surface area (Å²) in [6, 6.07) is 9.38. The Hall–Kier alpha value is -1.81. The summed E-state index contributed by atoms with van der Waals surface area (Å²) in [5, 5.41) is 0. The average Bonchev–Trinajstić information content (AvgIpc) is 3.19. The maximum atomic E-state index is 12.9. The van der Waals surface area contributed by atoms with E-state index in [1.54, 1.807) is 0 Å². The Morgan fingerprint density at radius 2 is 2.08 bits per heavy atom. The predicted molar refractivity (Wildman–Crippen MR) is 102 cm³/mol. The highest BCUT2D eigenvalue weighted by Crippen LogP contribution is 2.64. The summed E-state index contributed by atoms with van der Waals surface area (Å²) in [5.41, 5.74) is 3.68. The molecule has 1 aromatic carbocycles. The number of piperidine rings is 1. The Morgan fingerprint density at radius 1 is 1.27 bits per heavy atom. The van der Waals surface area contributed by atoms with Crippen LogP contribution in [0.4, 0.5) is 5.69 Å². The highest BCUT2D eigenvalue weighted by Gasteiger charge is 2.68. The Labute approximate surface area is 155 Å². The van der Waals surface area contributed by atoms with Crippen LogP contribution in [0.5, 0.6) is 0 Å². The molecule has 26 heavy (non-hydrogen) atoms. The van der Waals surface area contributed by atoms with E-state index in [1.807, 2.05) is 0 Å². The average molecular weight is 352 g/mol. The number of carbonyl (C=O) groups excluding carboxylic acids is 1. The van der Waals surface area contributed by atoms with Gasteiger partial charge in [0.15, 0.2) is 0 Å². The van der Waals surface area contributed by atoms with Crippen LogP contribution in [-0.4, -0.2) is 50.2 Å². The summed E-state index contributed by atoms with van der Waals surface area (Å²) in [4.78, 5) is 17.9. The molecular formula is C22H28N2O2. The van der Waals surface area contributed by atoms with Gasteiger partial charge in [0.05, 0.1) is 18.7 Å². The fraction of sp³-hybridized carbons (Fsp3) is 0.591. The molecular weight excluding hydrogens is 324 g/mol. The third-order valence-corrected chi connectivity index (χ3v) is 7.78. The highest BCUT2D eigenvalue weighted by molar-refractivity contribution is 5.93. The van der Waals surface area contributed by atoms with Crippen molar-refractivity contribution in [2.45, 2.75) is 50.1 Å². The molecule has 4 heteroatoms. The summed E-state index contributed by atoms with van der Waals surface area (Å²) >= 11 is 0. The predicted octanol–water partition coefficient (Wildman–Crippen LogP) is 3.12. The van der Waals surface area contributed by atoms with Crippen LogP contribution in [0.3, 0.4) is 0 Å². The smallest absolute Gasteiger partial charge is 0.335 e. The molecule has 5 rings (SSSR count). The second kappa shape index (κ2) is 5.35. The van der Waals surface area contributed by atoms with E-state index in [-0.39, 0.29) is 22.8 Å². The van der Waals surface area contributed by atoms with E-state index in [0.29, 0.717) is 6.04 Å². The van der Waals surface area contributed by atoms with Gasteiger partial charge in [-0.05, 0) is 50.4 Å². The van der Waals surface area contributed by atoms with E-state index in [2.05, 4.69) is 54.1 Å². The number of anilines is 1. The second-order valence-electron chi connectivity index (χ2n) is 8.54. The zero-order valence-corrected chi connectivity index (χ0v) is 16.0. The monoisotopic (exact) mass is 352 g/mol. The minimum Gasteiger partial charge on any atom is -0.466 e. The third kappa shape index (κ3) is 1.72. The van der Waals surface area contributed by atoms with E-state index in [0.717, 1.165) is 25.0 Å². The van der Waals surface area contributed by atoms with Gasteiger partial charge in [0, 0.05) is 29.6 Å². The number of likely N-dealkylation sites (N-methyl/N-ethyl adjacent to an activating group) is 1. The molecule has 1 spiro atoms. The van der Waals surface area contributed by atoms with Crippen LogP contribution in [-0.2, 0) is 14.9 Å². The molecule has 0 unspecified atom stereocenters. The van der Waals surface area contributed by atoms with Crippen molar-refractivity contribution in [3.63, 3.8) is 0 Å². The lowest BCUT2D eigenvalue weighted by Gasteiger charge is -2.56. The van der Waals surface area contributed by atoms with Crippen LogP contribution in [0.15, 0.2) is 35.9 Å². The third-order valence-electron chi connectivity index (χ3n) is 7.78. The quantitative estimate of drug-likeness (QED) is 0.766. The van der Waals surface area contributed by atoms with Crippen molar-refractivity contribution in [1.29, 1.82) is 0 Å². The Balaban J connectivity index is 1.82. The lowest BCUT2D eigenvalue weighted by atomic mass is 9.53. The summed E-state index contributed by atoms with van der Waals surface area (Å²) in [7, 11) is 3.67. The molecule has 2 fully saturated rings. The highest BCUT2D eigenvalue weighted by atomic mass is 16.5. The molecule has 0 aromatic heterocycles. The number of rotatable bonds is 2. The first-order valence-electron chi connectivity index (χ1n) is 9.96. The first-order valence-corrected chi connectivity index (χ1v) is 9.96. The van der Waals surface area contributed by atoms with Gasteiger partial charge in [-0.25, -0.2) is 4.79 Å². The number of esters is 1. The van der Waals surface area contributed by atoms with Gasteiger partial charge in [0.25, 0.3) is 0 Å². The molecule has 4 atom stereocenters. The number of hydrogen-bond donors (Lipinski definition) is 0. The fourth-order valence-corrected chi connectivity index (χ4v) is 6.95. The molecule has 3 aliphatic heterocycles. The van der Waals surface area contributed by atoms with Crippen molar-refractivity contribution in [2.24, 2.45) is 5.41 Å². The molecule has 0 bridgehead atoms. The van der Waals surface area contributed by atoms with Gasteiger partial charge in [-0.1, -0.05) is 31.2 Å². The standard InChI is InChI=1S/C22H28N2O2/c1-4-21-10-7-12-24-13-11-22(20(21)24)16-8-5-6-9-17(16)23(2)18(22)15(14-21)19(25)26-3/h5-6,8-9,14,18,20H,4,7,10-13H2,1-3H3/t18-,20-,21-,22-/m0/s1. The van der Waals surface area contributed by atoms with E-state index in [1.165, 1.54) is 37.7 Å². The second-order valence-corrected chi connectivity index (χ2v) is 8.54. The number of para-hydroxylation sites is 1. The molecule has 1 aliphatic carbocycles. The van der Waals surface area contributed by atoms with Gasteiger partial charge in [-0.15, -0.1) is 0 Å². The van der Waals surface area contributed by atoms with Gasteiger partial charge in [0.2, 0.25) is 0 Å². The minimum atomic E-state index is -0.149. The number of fused-ring (bicyclic) bond motifs is 1. The van der Waals surface area contributed by atoms with E-state index in [4.69, 9.17) is 4.74 Å². The number of methoxy groups -OCH3 is 1. The summed E-state index contributed by atoms with van der Waals surface area (Å²) < 4.78 is 5.27. The van der Waals surface area contributed by atoms with Crippen LogP contribution in [0.25, 0.3) is 0 Å². The molecule has 2 saturated heterocycles. The van der Waals surface area contributed by atoms with Gasteiger partial charge < -0.3 is 9.64 Å². The molecule has 0 amide bonds. The molecule has 0 radical (unpaired) electrons. The van der Waals surface area contributed by atoms with E-state index >= 15 is 0 Å². The number of benzene rings is 1. The van der Waals surface area contributed by atoms with Crippen LogP contribution in [0.2, 0.25) is 0 Å². The van der Waals surface area contributed by atoms with Crippen molar-refractivity contribution in [2.75, 3.05) is 32.1 Å². The number of ether oxygens (including phenoxy) is 1. The maximum absolute atomic E-state index is 12.9. The van der Waals surface area contributed by atoms with Crippen molar-refractivity contribution in [3.8, 4) is 0 Å². The van der Waals surface area contributed by atoms with Crippen LogP contribution in [0, 0.1) is 5.41 Å². The fourth-order valence-electron chi connectivity index (χ4n) is 6.95. The van der Waals surface area contributed by atoms with Gasteiger partial charge in [-0.2, -0.15) is 0 Å². The Morgan fingerprint density at radius 3 is 2.85 bits per heavy atom. The summed E-state index contributed by atoms with van der Waals surface area (Å²) in [6.45, 7) is 4.62. The number of hydrogen-bond acceptors (Lipinski definition) is 4. The topological polar surface area (TPSA) is 32.8 Å². The van der Waals surface area contributed by atoms with Crippen LogP contribution >= 0.6 is 0 Å². The Kier molecular flexibility index (Phi) is 3.37. The molecule has 4 aliphatic rings. The molecule has 0 saturated carbocycles. The first-order chi connectivity index (χ1) is 12.6. The Bertz CT molecular complexity index is 803. The lowest BCUT2D eigenvalue weighted by molar-refractivity contribution is -0.137. The molecule has 3 heterocycles. The van der Waals surface area contributed by atoms with Gasteiger partial charge in [-0.3, -0.25) is 4.90 Å². The van der Waals surface area contributed by atoms with Gasteiger partial charge in [0.1, 0.15) is 0 Å². The van der Waals surface area contributed by atoms with Crippen molar-refractivity contribution in [3.05, 3.63) is 41.5 Å². The lowest BCUT2D eigenvalue weighted by Crippen LogP contribution is -2.64. The normalized spacial score (nSPS) is 37.7. The SMILES string of the molecule is CC[C@@]12C=C(C(=O)OC)[C@@H]3N(C)c4ccccc4[C@@]34CCN(CCC1)[C@@H]24. The largest absolute Gasteiger partial charge is 0.466 e. The molecule has 138 valence electrons. The maximum Gasteiger partial charge on any atom is 0.335 e. The first kappa shape index (κ1) is 16.4. The van der Waals surface area contributed by atoms with Crippen LogP contribution < -0.4 is 4.90 Å². The van der Waals surface area contributed by atoms with Crippen molar-refractivity contribution in [1.82, 2.24) is 4.90 Å². The number of carbonyl (C=O) groups is 1.